The highest BCUT2D eigenvalue weighted by Crippen LogP contribution is 2.21. The zero-order chi connectivity index (χ0) is 16.9. The van der Waals surface area contributed by atoms with Crippen molar-refractivity contribution in [3.8, 4) is 6.07 Å². The van der Waals surface area contributed by atoms with Crippen LogP contribution in [0.5, 0.6) is 0 Å². The number of esters is 1. The average Bonchev–Trinajstić information content (AvgIpc) is 2.97. The molecule has 0 saturated carbocycles. The van der Waals surface area contributed by atoms with Gasteiger partial charge in [0.25, 0.3) is 0 Å². The molecule has 4 nitrogen and oxygen atoms in total. The number of hydrogen-bond acceptors (Lipinski definition) is 4. The number of benzene rings is 1. The zero-order valence-electron chi connectivity index (χ0n) is 12.6. The van der Waals surface area contributed by atoms with Gasteiger partial charge in [0, 0.05) is 27.9 Å². The van der Waals surface area contributed by atoms with Gasteiger partial charge in [0.2, 0.25) is 0 Å². The second kappa shape index (κ2) is 7.43. The third-order valence-electron chi connectivity index (χ3n) is 3.43. The van der Waals surface area contributed by atoms with Crippen LogP contribution >= 0.6 is 23.4 Å². The lowest BCUT2D eigenvalue weighted by atomic mass is 10.2. The van der Waals surface area contributed by atoms with Crippen LogP contribution in [0.25, 0.3) is 5.52 Å². The van der Waals surface area contributed by atoms with Crippen LogP contribution in [-0.2, 0) is 16.1 Å². The summed E-state index contributed by atoms with van der Waals surface area (Å²) < 4.78 is 7.15. The highest BCUT2D eigenvalue weighted by molar-refractivity contribution is 8.00. The number of nitriles is 1. The van der Waals surface area contributed by atoms with Crippen LogP contribution in [0.1, 0.15) is 11.1 Å². The number of ether oxygens (including phenoxy) is 1. The Bertz CT molecular complexity index is 913. The molecule has 2 heterocycles. The van der Waals surface area contributed by atoms with Gasteiger partial charge in [-0.05, 0) is 36.4 Å². The first-order valence-corrected chi connectivity index (χ1v) is 8.56. The number of thioether (sulfide) groups is 1. The summed E-state index contributed by atoms with van der Waals surface area (Å²) in [6.07, 6.45) is 3.67. The van der Waals surface area contributed by atoms with Gasteiger partial charge in [0.05, 0.1) is 16.8 Å². The number of aromatic nitrogens is 1. The van der Waals surface area contributed by atoms with E-state index in [1.807, 2.05) is 47.1 Å². The molecule has 0 aliphatic carbocycles. The first kappa shape index (κ1) is 16.4. The normalized spacial score (nSPS) is 10.5. The summed E-state index contributed by atoms with van der Waals surface area (Å²) in [4.78, 5) is 12.9. The van der Waals surface area contributed by atoms with Gasteiger partial charge in [-0.1, -0.05) is 17.7 Å². The van der Waals surface area contributed by atoms with Crippen LogP contribution in [0.3, 0.4) is 0 Å². The van der Waals surface area contributed by atoms with E-state index in [1.165, 1.54) is 11.8 Å². The van der Waals surface area contributed by atoms with Gasteiger partial charge >= 0.3 is 5.97 Å². The fourth-order valence-corrected chi connectivity index (χ4v) is 3.11. The van der Waals surface area contributed by atoms with Crippen LogP contribution in [0.4, 0.5) is 0 Å². The maximum absolute atomic E-state index is 11.9. The predicted molar refractivity (Wildman–Crippen MR) is 94.1 cm³/mol. The van der Waals surface area contributed by atoms with E-state index in [9.17, 15) is 10.1 Å². The molecule has 6 heteroatoms. The van der Waals surface area contributed by atoms with Gasteiger partial charge in [-0.3, -0.25) is 4.79 Å². The van der Waals surface area contributed by atoms with Crippen molar-refractivity contribution in [2.45, 2.75) is 11.5 Å². The van der Waals surface area contributed by atoms with Crippen molar-refractivity contribution in [1.29, 1.82) is 5.26 Å². The predicted octanol–water partition coefficient (Wildman–Crippen LogP) is 4.30. The minimum atomic E-state index is -0.325. The standard InChI is InChI=1S/C18H13ClN2O2S/c19-14-4-6-15(7-5-14)24-12-18(22)23-11-13-10-21-8-2-1-3-17(21)16(13)9-20/h1-8,10H,11-12H2. The Hall–Kier alpha value is -2.42. The van der Waals surface area contributed by atoms with Crippen LogP contribution < -0.4 is 0 Å². The molecule has 3 rings (SSSR count). The largest absolute Gasteiger partial charge is 0.460 e. The summed E-state index contributed by atoms with van der Waals surface area (Å²) in [6, 6.07) is 15.1. The zero-order valence-corrected chi connectivity index (χ0v) is 14.2. The molecule has 120 valence electrons. The molecular formula is C18H13ClN2O2S. The molecular weight excluding hydrogens is 344 g/mol. The third-order valence-corrected chi connectivity index (χ3v) is 4.67. The van der Waals surface area contributed by atoms with E-state index in [0.29, 0.717) is 16.1 Å². The minimum Gasteiger partial charge on any atom is -0.460 e. The van der Waals surface area contributed by atoms with Gasteiger partial charge in [-0.25, -0.2) is 0 Å². The molecule has 0 amide bonds. The summed E-state index contributed by atoms with van der Waals surface area (Å²) in [6.45, 7) is 0.0879. The molecule has 24 heavy (non-hydrogen) atoms. The maximum atomic E-state index is 11.9. The number of nitrogens with zero attached hydrogens (tertiary/aromatic N) is 2. The van der Waals surface area contributed by atoms with Crippen LogP contribution in [-0.4, -0.2) is 16.1 Å². The van der Waals surface area contributed by atoms with Crippen molar-refractivity contribution < 1.29 is 9.53 Å². The number of carbonyl (C=O) groups excluding carboxylic acids is 1. The van der Waals surface area contributed by atoms with E-state index in [0.717, 1.165) is 10.4 Å². The van der Waals surface area contributed by atoms with Gasteiger partial charge in [0.15, 0.2) is 0 Å². The Morgan fingerprint density at radius 1 is 1.25 bits per heavy atom. The topological polar surface area (TPSA) is 54.5 Å². The molecule has 0 N–H and O–H groups in total. The Morgan fingerprint density at radius 3 is 2.79 bits per heavy atom. The quantitative estimate of drug-likeness (QED) is 0.505. The average molecular weight is 357 g/mol. The highest BCUT2D eigenvalue weighted by Gasteiger charge is 2.12. The summed E-state index contributed by atoms with van der Waals surface area (Å²) in [5.74, 6) is -0.120. The molecule has 0 fully saturated rings. The number of pyridine rings is 1. The number of fused-ring (bicyclic) bond motifs is 1. The molecule has 0 aliphatic heterocycles. The fraction of sp³-hybridized carbons (Fsp3) is 0.111. The lowest BCUT2D eigenvalue weighted by Crippen LogP contribution is -2.07. The molecule has 0 unspecified atom stereocenters. The monoisotopic (exact) mass is 356 g/mol. The van der Waals surface area contributed by atoms with Crippen molar-refractivity contribution in [1.82, 2.24) is 4.40 Å². The summed E-state index contributed by atoms with van der Waals surface area (Å²) in [7, 11) is 0. The van der Waals surface area contributed by atoms with Gasteiger partial charge < -0.3 is 9.14 Å². The van der Waals surface area contributed by atoms with Crippen molar-refractivity contribution in [3.63, 3.8) is 0 Å². The molecule has 0 atom stereocenters. The fourth-order valence-electron chi connectivity index (χ4n) is 2.29. The molecule has 2 aromatic heterocycles. The number of hydrogen-bond donors (Lipinski definition) is 0. The maximum Gasteiger partial charge on any atom is 0.316 e. The molecule has 3 aromatic rings. The van der Waals surface area contributed by atoms with Crippen LogP contribution in [0.15, 0.2) is 59.8 Å². The lowest BCUT2D eigenvalue weighted by molar-refractivity contribution is -0.141. The van der Waals surface area contributed by atoms with Crippen molar-refractivity contribution in [3.05, 3.63) is 71.0 Å². The summed E-state index contributed by atoms with van der Waals surface area (Å²) >= 11 is 7.21. The number of carbonyl (C=O) groups is 1. The second-order valence-corrected chi connectivity index (χ2v) is 6.52. The van der Waals surface area contributed by atoms with E-state index < -0.39 is 0 Å². The molecule has 1 aromatic carbocycles. The Labute approximate surface area is 148 Å². The Kier molecular flexibility index (Phi) is 5.09. The van der Waals surface area contributed by atoms with E-state index in [4.69, 9.17) is 16.3 Å². The van der Waals surface area contributed by atoms with Crippen molar-refractivity contribution in [2.75, 3.05) is 5.75 Å². The van der Waals surface area contributed by atoms with Gasteiger partial charge in [-0.15, -0.1) is 11.8 Å². The van der Waals surface area contributed by atoms with Gasteiger partial charge in [-0.2, -0.15) is 5.26 Å². The smallest absolute Gasteiger partial charge is 0.316 e. The highest BCUT2D eigenvalue weighted by atomic mass is 35.5. The third kappa shape index (κ3) is 3.73. The SMILES string of the molecule is N#Cc1c(COC(=O)CSc2ccc(Cl)cc2)cn2ccccc12. The van der Waals surface area contributed by atoms with E-state index >= 15 is 0 Å². The Morgan fingerprint density at radius 2 is 2.04 bits per heavy atom. The van der Waals surface area contributed by atoms with E-state index in [-0.39, 0.29) is 18.3 Å². The van der Waals surface area contributed by atoms with Crippen molar-refractivity contribution >= 4 is 34.8 Å². The van der Waals surface area contributed by atoms with E-state index in [1.54, 1.807) is 12.1 Å². The lowest BCUT2D eigenvalue weighted by Gasteiger charge is -2.04. The molecule has 0 radical (unpaired) electrons. The molecule has 0 saturated heterocycles. The number of halogens is 1. The Balaban J connectivity index is 1.60. The second-order valence-electron chi connectivity index (χ2n) is 5.04. The first-order chi connectivity index (χ1) is 11.7. The number of rotatable bonds is 5. The van der Waals surface area contributed by atoms with Crippen molar-refractivity contribution in [2.24, 2.45) is 0 Å². The van der Waals surface area contributed by atoms with Crippen LogP contribution in [0.2, 0.25) is 5.02 Å². The summed E-state index contributed by atoms with van der Waals surface area (Å²) in [5.41, 5.74) is 2.05. The van der Waals surface area contributed by atoms with Crippen LogP contribution in [0, 0.1) is 11.3 Å². The summed E-state index contributed by atoms with van der Waals surface area (Å²) in [5, 5.41) is 9.99. The minimum absolute atomic E-state index is 0.0879. The van der Waals surface area contributed by atoms with E-state index in [2.05, 4.69) is 6.07 Å². The van der Waals surface area contributed by atoms with Gasteiger partial charge in [0.1, 0.15) is 12.7 Å². The molecule has 0 aliphatic rings. The first-order valence-electron chi connectivity index (χ1n) is 7.20. The molecule has 0 spiro atoms. The molecule has 0 bridgehead atoms.